The molecule has 0 bridgehead atoms. The van der Waals surface area contributed by atoms with Crippen LogP contribution in [-0.2, 0) is 4.74 Å². The van der Waals surface area contributed by atoms with Crippen LogP contribution in [-0.4, -0.2) is 94.3 Å². The van der Waals surface area contributed by atoms with Crippen LogP contribution in [0.4, 0.5) is 16.2 Å². The first-order valence-electron chi connectivity index (χ1n) is 12.2. The summed E-state index contributed by atoms with van der Waals surface area (Å²) in [5, 5.41) is 6.06. The van der Waals surface area contributed by atoms with Crippen molar-refractivity contribution in [1.29, 1.82) is 0 Å². The van der Waals surface area contributed by atoms with E-state index >= 15 is 0 Å². The number of rotatable bonds is 5. The topological polar surface area (TPSA) is 103 Å². The molecule has 36 heavy (non-hydrogen) atoms. The second-order valence-corrected chi connectivity index (χ2v) is 8.76. The van der Waals surface area contributed by atoms with Crippen molar-refractivity contribution < 1.29 is 23.9 Å². The van der Waals surface area contributed by atoms with E-state index in [1.165, 1.54) is 7.11 Å². The molecule has 0 aliphatic carbocycles. The molecule has 10 heteroatoms. The normalized spacial score (nSPS) is 16.2. The zero-order valence-electron chi connectivity index (χ0n) is 20.8. The van der Waals surface area contributed by atoms with Crippen LogP contribution in [0.25, 0.3) is 0 Å². The minimum atomic E-state index is -0.605. The van der Waals surface area contributed by atoms with Gasteiger partial charge < -0.3 is 29.5 Å². The van der Waals surface area contributed by atoms with Crippen molar-refractivity contribution >= 4 is 29.3 Å². The van der Waals surface area contributed by atoms with E-state index in [2.05, 4.69) is 15.5 Å². The molecule has 2 saturated heterocycles. The van der Waals surface area contributed by atoms with Gasteiger partial charge in [-0.1, -0.05) is 6.07 Å². The Bertz CT molecular complexity index is 1090. The van der Waals surface area contributed by atoms with E-state index in [9.17, 15) is 14.4 Å². The van der Waals surface area contributed by atoms with Gasteiger partial charge in [-0.25, -0.2) is 4.79 Å². The fourth-order valence-electron chi connectivity index (χ4n) is 4.53. The molecule has 192 valence electrons. The zero-order valence-corrected chi connectivity index (χ0v) is 20.8. The fourth-order valence-corrected chi connectivity index (χ4v) is 4.53. The van der Waals surface area contributed by atoms with Crippen molar-refractivity contribution in [3.8, 4) is 5.75 Å². The number of hydrogen-bond acceptors (Lipinski definition) is 7. The molecule has 2 aliphatic heterocycles. The molecular weight excluding hydrogens is 462 g/mol. The van der Waals surface area contributed by atoms with Crippen molar-refractivity contribution in [3.05, 3.63) is 53.6 Å². The number of hydrogen-bond donors (Lipinski definition) is 2. The summed E-state index contributed by atoms with van der Waals surface area (Å²) >= 11 is 0. The van der Waals surface area contributed by atoms with Gasteiger partial charge in [-0.2, -0.15) is 0 Å². The molecular formula is C26H33N5O5. The van der Waals surface area contributed by atoms with Gasteiger partial charge in [-0.05, 0) is 49.4 Å². The molecule has 4 rings (SSSR count). The van der Waals surface area contributed by atoms with Crippen LogP contribution in [0, 0.1) is 0 Å². The Kier molecular flexibility index (Phi) is 8.27. The maximum atomic E-state index is 13.1. The van der Waals surface area contributed by atoms with E-state index in [-0.39, 0.29) is 11.8 Å². The molecule has 2 aliphatic rings. The molecule has 2 aromatic carbocycles. The third-order valence-corrected chi connectivity index (χ3v) is 6.52. The minimum Gasteiger partial charge on any atom is -0.497 e. The van der Waals surface area contributed by atoms with Gasteiger partial charge in [0.15, 0.2) is 0 Å². The summed E-state index contributed by atoms with van der Waals surface area (Å²) in [4.78, 5) is 43.9. The Labute approximate surface area is 211 Å². The monoisotopic (exact) mass is 495 g/mol. The highest BCUT2D eigenvalue weighted by Gasteiger charge is 2.26. The van der Waals surface area contributed by atoms with Crippen LogP contribution in [0.3, 0.4) is 0 Å². The van der Waals surface area contributed by atoms with Crippen LogP contribution in [0.2, 0.25) is 0 Å². The number of carbonyl (C=O) groups is 3. The third kappa shape index (κ3) is 5.88. The maximum absolute atomic E-state index is 13.1. The predicted molar refractivity (Wildman–Crippen MR) is 137 cm³/mol. The van der Waals surface area contributed by atoms with Gasteiger partial charge in [0.1, 0.15) is 5.75 Å². The van der Waals surface area contributed by atoms with Crippen LogP contribution in [0.1, 0.15) is 27.1 Å². The minimum absolute atomic E-state index is 0.0469. The lowest BCUT2D eigenvalue weighted by atomic mass is 10.1. The lowest BCUT2D eigenvalue weighted by Gasteiger charge is -2.37. The average molecular weight is 496 g/mol. The number of benzene rings is 2. The molecule has 2 aromatic rings. The van der Waals surface area contributed by atoms with E-state index < -0.39 is 6.09 Å². The van der Waals surface area contributed by atoms with Crippen LogP contribution in [0.5, 0.6) is 5.75 Å². The lowest BCUT2D eigenvalue weighted by molar-refractivity contribution is 0.0743. The standard InChI is InChI=1S/C26H33N5O5/c1-35-21-6-3-5-19(17-21)24(32)31-15-13-29(14-16-31)23-8-7-20(18-22(23)28-26(34)36-2)25(33)30-11-4-9-27-10-12-30/h3,5-8,17-18,27H,4,9-16H2,1-2H3,(H,28,34). The summed E-state index contributed by atoms with van der Waals surface area (Å²) in [5.74, 6) is 0.533. The van der Waals surface area contributed by atoms with Crippen molar-refractivity contribution in [2.75, 3.05) is 76.8 Å². The zero-order chi connectivity index (χ0) is 25.5. The first-order valence-corrected chi connectivity index (χ1v) is 12.2. The third-order valence-electron chi connectivity index (χ3n) is 6.52. The molecule has 0 unspecified atom stereocenters. The van der Waals surface area contributed by atoms with Crippen molar-refractivity contribution in [2.45, 2.75) is 6.42 Å². The van der Waals surface area contributed by atoms with Gasteiger partial charge in [0.2, 0.25) is 0 Å². The predicted octanol–water partition coefficient (Wildman–Crippen LogP) is 2.27. The molecule has 0 radical (unpaired) electrons. The van der Waals surface area contributed by atoms with Crippen LogP contribution in [0.15, 0.2) is 42.5 Å². The molecule has 0 saturated carbocycles. The summed E-state index contributed by atoms with van der Waals surface area (Å²) in [6, 6.07) is 12.5. The number of carbonyl (C=O) groups excluding carboxylic acids is 3. The highest BCUT2D eigenvalue weighted by molar-refractivity contribution is 5.99. The molecule has 2 fully saturated rings. The van der Waals surface area contributed by atoms with Gasteiger partial charge in [0.25, 0.3) is 11.8 Å². The number of piperazine rings is 1. The molecule has 3 amide bonds. The summed E-state index contributed by atoms with van der Waals surface area (Å²) in [5.41, 5.74) is 2.39. The van der Waals surface area contributed by atoms with Gasteiger partial charge in [-0.15, -0.1) is 0 Å². The largest absolute Gasteiger partial charge is 0.497 e. The van der Waals surface area contributed by atoms with Crippen LogP contribution < -0.4 is 20.3 Å². The highest BCUT2D eigenvalue weighted by Crippen LogP contribution is 2.29. The van der Waals surface area contributed by atoms with Gasteiger partial charge in [0, 0.05) is 56.9 Å². The highest BCUT2D eigenvalue weighted by atomic mass is 16.5. The van der Waals surface area contributed by atoms with E-state index in [1.807, 2.05) is 21.9 Å². The van der Waals surface area contributed by atoms with Crippen LogP contribution >= 0.6 is 0 Å². The quantitative estimate of drug-likeness (QED) is 0.656. The van der Waals surface area contributed by atoms with E-state index in [0.29, 0.717) is 61.8 Å². The summed E-state index contributed by atoms with van der Waals surface area (Å²) < 4.78 is 10.0. The SMILES string of the molecule is COC(=O)Nc1cc(C(=O)N2CCCNCC2)ccc1N1CCN(C(=O)c2cccc(OC)c2)CC1. The molecule has 10 nitrogen and oxygen atoms in total. The molecule has 0 atom stereocenters. The Morgan fingerprint density at radius 1 is 0.833 bits per heavy atom. The second kappa shape index (κ2) is 11.8. The van der Waals surface area contributed by atoms with Gasteiger partial charge >= 0.3 is 6.09 Å². The number of methoxy groups -OCH3 is 2. The molecule has 0 aromatic heterocycles. The van der Waals surface area contributed by atoms with E-state index in [1.54, 1.807) is 37.4 Å². The molecule has 0 spiro atoms. The average Bonchev–Trinajstić information content (AvgIpc) is 3.22. The van der Waals surface area contributed by atoms with E-state index in [0.717, 1.165) is 25.2 Å². The Morgan fingerprint density at radius 3 is 2.28 bits per heavy atom. The number of anilines is 2. The summed E-state index contributed by atoms with van der Waals surface area (Å²) in [6.45, 7) is 5.19. The van der Waals surface area contributed by atoms with Crippen molar-refractivity contribution in [1.82, 2.24) is 15.1 Å². The Hall–Kier alpha value is -3.79. The molecule has 2 heterocycles. The smallest absolute Gasteiger partial charge is 0.411 e. The maximum Gasteiger partial charge on any atom is 0.411 e. The van der Waals surface area contributed by atoms with Crippen molar-refractivity contribution in [2.24, 2.45) is 0 Å². The summed E-state index contributed by atoms with van der Waals surface area (Å²) in [6.07, 6.45) is 0.294. The van der Waals surface area contributed by atoms with Gasteiger partial charge in [-0.3, -0.25) is 14.9 Å². The first kappa shape index (κ1) is 25.3. The Morgan fingerprint density at radius 2 is 1.56 bits per heavy atom. The number of ether oxygens (including phenoxy) is 2. The van der Waals surface area contributed by atoms with E-state index in [4.69, 9.17) is 9.47 Å². The summed E-state index contributed by atoms with van der Waals surface area (Å²) in [7, 11) is 2.88. The fraction of sp³-hybridized carbons (Fsp3) is 0.423. The lowest BCUT2D eigenvalue weighted by Crippen LogP contribution is -2.49. The second-order valence-electron chi connectivity index (χ2n) is 8.76. The van der Waals surface area contributed by atoms with Gasteiger partial charge in [0.05, 0.1) is 25.6 Å². The first-order chi connectivity index (χ1) is 17.5. The molecule has 2 N–H and O–H groups in total. The Balaban J connectivity index is 1.49. The number of amides is 3. The number of nitrogens with one attached hydrogen (secondary N) is 2. The number of nitrogens with zero attached hydrogens (tertiary/aromatic N) is 3. The van der Waals surface area contributed by atoms with Crippen molar-refractivity contribution in [3.63, 3.8) is 0 Å².